The van der Waals surface area contributed by atoms with Crippen LogP contribution in [0.3, 0.4) is 0 Å². The second-order valence-corrected chi connectivity index (χ2v) is 9.81. The number of aliphatic carboxylic acids is 1. The van der Waals surface area contributed by atoms with Crippen molar-refractivity contribution in [2.45, 2.75) is 42.2 Å². The number of carboxylic acid groups (broad SMARTS) is 1. The van der Waals surface area contributed by atoms with E-state index in [4.69, 9.17) is 0 Å². The molecule has 1 N–H and O–H groups in total. The summed E-state index contributed by atoms with van der Waals surface area (Å²) in [5.41, 5.74) is 4.35. The van der Waals surface area contributed by atoms with Gasteiger partial charge in [0, 0.05) is 17.8 Å². The maximum atomic E-state index is 11.7. The van der Waals surface area contributed by atoms with Crippen LogP contribution < -0.4 is 0 Å². The molecular formula is C24H22N2O2S. The molecule has 0 amide bonds. The zero-order chi connectivity index (χ0) is 20.2. The summed E-state index contributed by atoms with van der Waals surface area (Å²) in [6.45, 7) is 3.46. The fourth-order valence-corrected chi connectivity index (χ4v) is 4.94. The van der Waals surface area contributed by atoms with Crippen LogP contribution in [0.4, 0.5) is 0 Å². The van der Waals surface area contributed by atoms with Crippen LogP contribution in [0.15, 0.2) is 65.8 Å². The number of thioether (sulfide) groups is 1. The van der Waals surface area contributed by atoms with Gasteiger partial charge in [0.05, 0.1) is 16.1 Å². The van der Waals surface area contributed by atoms with Gasteiger partial charge in [-0.2, -0.15) is 0 Å². The van der Waals surface area contributed by atoms with Crippen molar-refractivity contribution < 1.29 is 9.90 Å². The lowest BCUT2D eigenvalue weighted by molar-refractivity contribution is -0.138. The Balaban J connectivity index is 1.72. The molecule has 0 spiro atoms. The maximum Gasteiger partial charge on any atom is 0.319 e. The molecule has 1 aliphatic rings. The molecule has 1 saturated carbocycles. The Bertz CT molecular complexity index is 1250. The lowest BCUT2D eigenvalue weighted by Crippen LogP contribution is -2.26. The summed E-state index contributed by atoms with van der Waals surface area (Å²) in [6, 6.07) is 17.0. The number of carbonyl (C=O) groups is 1. The molecule has 1 aliphatic carbocycles. The number of hydrogen-bond acceptors (Lipinski definition) is 3. The van der Waals surface area contributed by atoms with E-state index < -0.39 is 10.7 Å². The van der Waals surface area contributed by atoms with Crippen molar-refractivity contribution in [2.24, 2.45) is 0 Å². The maximum absolute atomic E-state index is 11.7. The second-order valence-electron chi connectivity index (χ2n) is 8.15. The van der Waals surface area contributed by atoms with Crippen molar-refractivity contribution in [3.63, 3.8) is 0 Å². The van der Waals surface area contributed by atoms with Crippen molar-refractivity contribution in [3.8, 4) is 5.69 Å². The van der Waals surface area contributed by atoms with Crippen molar-refractivity contribution >= 4 is 39.5 Å². The molecule has 29 heavy (non-hydrogen) atoms. The first-order valence-corrected chi connectivity index (χ1v) is 10.7. The van der Waals surface area contributed by atoms with Crippen molar-refractivity contribution in [2.75, 3.05) is 0 Å². The topological polar surface area (TPSA) is 55.1 Å². The third-order valence-electron chi connectivity index (χ3n) is 5.62. The SMILES string of the molecule is CC(C)(Sc1cn(-c2ccc(C3CC3)c3ccccc23)c2cccnc12)C(=O)O. The third kappa shape index (κ3) is 3.10. The third-order valence-corrected chi connectivity index (χ3v) is 6.82. The molecule has 0 atom stereocenters. The second kappa shape index (κ2) is 6.63. The molecule has 0 radical (unpaired) electrons. The Labute approximate surface area is 173 Å². The van der Waals surface area contributed by atoms with Crippen LogP contribution >= 0.6 is 11.8 Å². The first-order chi connectivity index (χ1) is 14.0. The highest BCUT2D eigenvalue weighted by molar-refractivity contribution is 8.01. The predicted molar refractivity (Wildman–Crippen MR) is 118 cm³/mol. The van der Waals surface area contributed by atoms with E-state index in [1.54, 1.807) is 20.0 Å². The predicted octanol–water partition coefficient (Wildman–Crippen LogP) is 6.01. The zero-order valence-corrected chi connectivity index (χ0v) is 17.2. The smallest absolute Gasteiger partial charge is 0.319 e. The molecule has 146 valence electrons. The Kier molecular flexibility index (Phi) is 4.17. The largest absolute Gasteiger partial charge is 0.480 e. The Morgan fingerprint density at radius 2 is 1.86 bits per heavy atom. The summed E-state index contributed by atoms with van der Waals surface area (Å²) in [6.07, 6.45) is 6.33. The van der Waals surface area contributed by atoms with Crippen LogP contribution in [0.25, 0.3) is 27.5 Å². The molecular weight excluding hydrogens is 380 g/mol. The van der Waals surface area contributed by atoms with Gasteiger partial charge >= 0.3 is 5.97 Å². The number of fused-ring (bicyclic) bond motifs is 2. The van der Waals surface area contributed by atoms with Crippen LogP contribution in [-0.4, -0.2) is 25.4 Å². The van der Waals surface area contributed by atoms with Gasteiger partial charge in [0.1, 0.15) is 10.3 Å². The minimum Gasteiger partial charge on any atom is -0.480 e. The summed E-state index contributed by atoms with van der Waals surface area (Å²) in [5.74, 6) is -0.155. The molecule has 0 saturated heterocycles. The summed E-state index contributed by atoms with van der Waals surface area (Å²) >= 11 is 1.34. The molecule has 0 bridgehead atoms. The van der Waals surface area contributed by atoms with Crippen molar-refractivity contribution in [1.82, 2.24) is 9.55 Å². The Morgan fingerprint density at radius 3 is 2.59 bits per heavy atom. The van der Waals surface area contributed by atoms with Gasteiger partial charge in [-0.1, -0.05) is 30.3 Å². The molecule has 2 heterocycles. The molecule has 1 fully saturated rings. The van der Waals surface area contributed by atoms with E-state index in [1.165, 1.54) is 40.9 Å². The summed E-state index contributed by atoms with van der Waals surface area (Å²) in [7, 11) is 0. The zero-order valence-electron chi connectivity index (χ0n) is 16.4. The lowest BCUT2D eigenvalue weighted by Gasteiger charge is -2.17. The monoisotopic (exact) mass is 402 g/mol. The number of nitrogens with zero attached hydrogens (tertiary/aromatic N) is 2. The summed E-state index contributed by atoms with van der Waals surface area (Å²) < 4.78 is 1.22. The van der Waals surface area contributed by atoms with E-state index in [2.05, 4.69) is 45.9 Å². The van der Waals surface area contributed by atoms with Crippen molar-refractivity contribution in [1.29, 1.82) is 0 Å². The normalized spacial score (nSPS) is 14.6. The Morgan fingerprint density at radius 1 is 1.10 bits per heavy atom. The van der Waals surface area contributed by atoms with Crippen LogP contribution in [-0.2, 0) is 4.79 Å². The average Bonchev–Trinajstić information content (AvgIpc) is 3.50. The molecule has 4 nitrogen and oxygen atoms in total. The minimum absolute atomic E-state index is 0.680. The number of aromatic nitrogens is 2. The van der Waals surface area contributed by atoms with Gasteiger partial charge in [0.15, 0.2) is 0 Å². The fraction of sp³-hybridized carbons (Fsp3) is 0.250. The standard InChI is InChI=1S/C24H22N2O2S/c1-24(2,23(27)28)29-21-14-26(20-8-5-13-25-22(20)21)19-12-11-16(15-9-10-15)17-6-3-4-7-18(17)19/h3-8,11-15H,9-10H2,1-2H3,(H,27,28). The highest BCUT2D eigenvalue weighted by Crippen LogP contribution is 2.45. The molecule has 2 aromatic heterocycles. The van der Waals surface area contributed by atoms with Gasteiger partial charge in [0.2, 0.25) is 0 Å². The molecule has 4 aromatic rings. The highest BCUT2D eigenvalue weighted by Gasteiger charge is 2.31. The first-order valence-electron chi connectivity index (χ1n) is 9.86. The fourth-order valence-electron chi connectivity index (χ4n) is 3.89. The van der Waals surface area contributed by atoms with Gasteiger partial charge in [-0.25, -0.2) is 0 Å². The van der Waals surface area contributed by atoms with Gasteiger partial charge in [0.25, 0.3) is 0 Å². The first kappa shape index (κ1) is 18.3. The van der Waals surface area contributed by atoms with E-state index in [1.807, 2.05) is 18.3 Å². The summed E-state index contributed by atoms with van der Waals surface area (Å²) in [4.78, 5) is 17.1. The van der Waals surface area contributed by atoms with Gasteiger partial charge < -0.3 is 9.67 Å². The van der Waals surface area contributed by atoms with Gasteiger partial charge in [-0.05, 0) is 61.8 Å². The molecule has 0 aliphatic heterocycles. The van der Waals surface area contributed by atoms with Crippen LogP contribution in [0.5, 0.6) is 0 Å². The van der Waals surface area contributed by atoms with E-state index in [9.17, 15) is 9.90 Å². The number of carboxylic acids is 1. The molecule has 5 heteroatoms. The van der Waals surface area contributed by atoms with Gasteiger partial charge in [-0.3, -0.25) is 9.78 Å². The Hall–Kier alpha value is -2.79. The van der Waals surface area contributed by atoms with E-state index in [0.717, 1.165) is 21.6 Å². The van der Waals surface area contributed by atoms with Crippen molar-refractivity contribution in [3.05, 3.63) is 66.5 Å². The molecule has 2 aromatic carbocycles. The highest BCUT2D eigenvalue weighted by atomic mass is 32.2. The number of rotatable bonds is 5. The van der Waals surface area contributed by atoms with E-state index in [0.29, 0.717) is 5.92 Å². The van der Waals surface area contributed by atoms with Gasteiger partial charge in [-0.15, -0.1) is 11.8 Å². The molecule has 5 rings (SSSR count). The number of benzene rings is 2. The minimum atomic E-state index is -0.936. The quantitative estimate of drug-likeness (QED) is 0.415. The number of pyridine rings is 1. The van der Waals surface area contributed by atoms with Crippen LogP contribution in [0, 0.1) is 0 Å². The van der Waals surface area contributed by atoms with E-state index in [-0.39, 0.29) is 0 Å². The average molecular weight is 403 g/mol. The number of hydrogen-bond donors (Lipinski definition) is 1. The van der Waals surface area contributed by atoms with Crippen LogP contribution in [0.2, 0.25) is 0 Å². The lowest BCUT2D eigenvalue weighted by atomic mass is 9.99. The summed E-state index contributed by atoms with van der Waals surface area (Å²) in [5, 5.41) is 12.1. The molecule has 0 unspecified atom stereocenters. The van der Waals surface area contributed by atoms with Crippen LogP contribution in [0.1, 0.15) is 38.2 Å². The van der Waals surface area contributed by atoms with E-state index >= 15 is 0 Å².